The Morgan fingerprint density at radius 3 is 2.30 bits per heavy atom. The van der Waals surface area contributed by atoms with Crippen molar-refractivity contribution >= 4 is 27.5 Å². The first-order valence-electron chi connectivity index (χ1n) is 12.0. The van der Waals surface area contributed by atoms with Crippen molar-refractivity contribution in [2.45, 2.75) is 76.8 Å². The van der Waals surface area contributed by atoms with Gasteiger partial charge in [0.1, 0.15) is 11.3 Å². The molecule has 1 atom stereocenters. The van der Waals surface area contributed by atoms with Crippen molar-refractivity contribution in [1.29, 1.82) is 0 Å². The number of nitrogens with zero attached hydrogens (tertiary/aromatic N) is 2. The molecule has 1 aromatic carbocycles. The van der Waals surface area contributed by atoms with E-state index in [-0.39, 0.29) is 30.8 Å². The summed E-state index contributed by atoms with van der Waals surface area (Å²) in [6, 6.07) is 6.96. The fourth-order valence-corrected chi connectivity index (χ4v) is 6.35. The fraction of sp³-hybridized carbons (Fsp3) is 0.667. The van der Waals surface area contributed by atoms with Crippen molar-refractivity contribution in [3.05, 3.63) is 24.3 Å². The maximum absolute atomic E-state index is 13.7. The average molecular weight is 480 g/mol. The standard InChI is InChI=1S/C24H37N3O5S/c1-4-16-33(30,31)26-17-22(28)27(20-12-14-21(32-3)15-13-20)24(2,18-26)23(29)25-19-10-8-6-5-7-9-11-19/h12-15,19H,4-11,16-18H2,1-3H3,(H,25,29)/t24-/m0/s1. The van der Waals surface area contributed by atoms with Crippen LogP contribution in [-0.2, 0) is 19.6 Å². The van der Waals surface area contributed by atoms with Crippen LogP contribution in [0.4, 0.5) is 5.69 Å². The molecule has 3 rings (SSSR count). The first-order chi connectivity index (χ1) is 15.7. The summed E-state index contributed by atoms with van der Waals surface area (Å²) in [7, 11) is -2.09. The lowest BCUT2D eigenvalue weighted by molar-refractivity contribution is -0.133. The van der Waals surface area contributed by atoms with Gasteiger partial charge in [0.05, 0.1) is 19.4 Å². The van der Waals surface area contributed by atoms with Crippen LogP contribution in [0.1, 0.15) is 65.2 Å². The molecule has 1 N–H and O–H groups in total. The van der Waals surface area contributed by atoms with Crippen molar-refractivity contribution in [2.24, 2.45) is 0 Å². The van der Waals surface area contributed by atoms with Crippen LogP contribution in [0.3, 0.4) is 0 Å². The van der Waals surface area contributed by atoms with Crippen LogP contribution in [-0.4, -0.2) is 62.1 Å². The van der Waals surface area contributed by atoms with Gasteiger partial charge in [-0.3, -0.25) is 14.5 Å². The third-order valence-electron chi connectivity index (χ3n) is 6.65. The van der Waals surface area contributed by atoms with Crippen LogP contribution >= 0.6 is 0 Å². The molecule has 1 aliphatic heterocycles. The lowest BCUT2D eigenvalue weighted by atomic mass is 9.92. The summed E-state index contributed by atoms with van der Waals surface area (Å²) in [5.74, 6) is -0.144. The van der Waals surface area contributed by atoms with Gasteiger partial charge in [0.25, 0.3) is 0 Å². The predicted molar refractivity (Wildman–Crippen MR) is 129 cm³/mol. The Hall–Kier alpha value is -2.13. The number of methoxy groups -OCH3 is 1. The third kappa shape index (κ3) is 5.87. The molecular weight excluding hydrogens is 442 g/mol. The molecule has 9 heteroatoms. The number of carbonyl (C=O) groups excluding carboxylic acids is 2. The number of sulfonamides is 1. The number of anilines is 1. The molecule has 0 aromatic heterocycles. The van der Waals surface area contributed by atoms with Crippen LogP contribution < -0.4 is 15.0 Å². The zero-order valence-corrected chi connectivity index (χ0v) is 20.8. The molecule has 184 valence electrons. The molecule has 33 heavy (non-hydrogen) atoms. The van der Waals surface area contributed by atoms with Gasteiger partial charge in [-0.1, -0.05) is 39.0 Å². The minimum atomic E-state index is -3.65. The summed E-state index contributed by atoms with van der Waals surface area (Å²) in [5, 5.41) is 3.16. The maximum atomic E-state index is 13.7. The molecular formula is C24H37N3O5S. The number of rotatable bonds is 7. The Morgan fingerprint density at radius 1 is 1.12 bits per heavy atom. The first-order valence-corrected chi connectivity index (χ1v) is 13.6. The minimum absolute atomic E-state index is 0.0325. The highest BCUT2D eigenvalue weighted by atomic mass is 32.2. The summed E-state index contributed by atoms with van der Waals surface area (Å²) in [4.78, 5) is 28.5. The van der Waals surface area contributed by atoms with Gasteiger partial charge in [-0.05, 0) is 50.5 Å². The molecule has 2 amide bonds. The Kier molecular flexibility index (Phi) is 8.39. The van der Waals surface area contributed by atoms with Gasteiger partial charge in [0.2, 0.25) is 21.8 Å². The van der Waals surface area contributed by atoms with Crippen molar-refractivity contribution < 1.29 is 22.7 Å². The summed E-state index contributed by atoms with van der Waals surface area (Å²) < 4.78 is 32.1. The van der Waals surface area contributed by atoms with E-state index in [0.29, 0.717) is 17.9 Å². The Morgan fingerprint density at radius 2 is 1.73 bits per heavy atom. The Balaban J connectivity index is 1.94. The van der Waals surface area contributed by atoms with E-state index in [2.05, 4.69) is 5.32 Å². The van der Waals surface area contributed by atoms with E-state index in [4.69, 9.17) is 4.74 Å². The Labute approximate surface area is 197 Å². The van der Waals surface area contributed by atoms with Crippen LogP contribution in [0.5, 0.6) is 5.75 Å². The maximum Gasteiger partial charge on any atom is 0.247 e. The number of piperazine rings is 1. The predicted octanol–water partition coefficient (Wildman–Crippen LogP) is 3.07. The summed E-state index contributed by atoms with van der Waals surface area (Å²) in [6.45, 7) is 3.10. The molecule has 2 aliphatic rings. The van der Waals surface area contributed by atoms with Crippen LogP contribution in [0, 0.1) is 0 Å². The van der Waals surface area contributed by atoms with Gasteiger partial charge in [0, 0.05) is 18.3 Å². The highest BCUT2D eigenvalue weighted by Gasteiger charge is 2.51. The molecule has 0 bridgehead atoms. The first kappa shape index (κ1) is 25.5. The summed E-state index contributed by atoms with van der Waals surface area (Å²) >= 11 is 0. The zero-order chi connectivity index (χ0) is 24.1. The van der Waals surface area contributed by atoms with Crippen molar-refractivity contribution in [3.8, 4) is 5.75 Å². The van der Waals surface area contributed by atoms with Crippen LogP contribution in [0.2, 0.25) is 0 Å². The van der Waals surface area contributed by atoms with E-state index in [0.717, 1.165) is 38.5 Å². The Bertz CT molecular complexity index is 926. The number of carbonyl (C=O) groups is 2. The topological polar surface area (TPSA) is 96.0 Å². The molecule has 1 aromatic rings. The van der Waals surface area contributed by atoms with Gasteiger partial charge in [-0.15, -0.1) is 0 Å². The molecule has 0 spiro atoms. The van der Waals surface area contributed by atoms with Crippen molar-refractivity contribution in [3.63, 3.8) is 0 Å². The van der Waals surface area contributed by atoms with Gasteiger partial charge in [0.15, 0.2) is 0 Å². The van der Waals surface area contributed by atoms with Crippen LogP contribution in [0.25, 0.3) is 0 Å². The third-order valence-corrected chi connectivity index (χ3v) is 8.62. The SMILES string of the molecule is CCCS(=O)(=O)N1CC(=O)N(c2ccc(OC)cc2)[C@](C)(C(=O)NC2CCCCCCC2)C1. The molecule has 0 unspecified atom stereocenters. The molecule has 2 fully saturated rings. The van der Waals surface area contributed by atoms with Crippen molar-refractivity contribution in [1.82, 2.24) is 9.62 Å². The van der Waals surface area contributed by atoms with Gasteiger partial charge in [-0.25, -0.2) is 8.42 Å². The van der Waals surface area contributed by atoms with E-state index in [1.54, 1.807) is 45.2 Å². The summed E-state index contributed by atoms with van der Waals surface area (Å²) in [5.41, 5.74) is -0.823. The van der Waals surface area contributed by atoms with Gasteiger partial charge >= 0.3 is 0 Å². The highest BCUT2D eigenvalue weighted by molar-refractivity contribution is 7.89. The number of nitrogens with one attached hydrogen (secondary N) is 1. The summed E-state index contributed by atoms with van der Waals surface area (Å²) in [6.07, 6.45) is 7.89. The van der Waals surface area contributed by atoms with Gasteiger partial charge < -0.3 is 10.1 Å². The monoisotopic (exact) mass is 479 g/mol. The minimum Gasteiger partial charge on any atom is -0.497 e. The number of hydrogen-bond donors (Lipinski definition) is 1. The lowest BCUT2D eigenvalue weighted by Gasteiger charge is -2.47. The second kappa shape index (κ2) is 10.9. The number of benzene rings is 1. The highest BCUT2D eigenvalue weighted by Crippen LogP contribution is 2.32. The molecule has 0 radical (unpaired) electrons. The average Bonchev–Trinajstić information content (AvgIpc) is 2.75. The molecule has 8 nitrogen and oxygen atoms in total. The zero-order valence-electron chi connectivity index (χ0n) is 20.0. The van der Waals surface area contributed by atoms with E-state index in [9.17, 15) is 18.0 Å². The van der Waals surface area contributed by atoms with E-state index >= 15 is 0 Å². The number of amides is 2. The second-order valence-electron chi connectivity index (χ2n) is 9.30. The smallest absolute Gasteiger partial charge is 0.247 e. The van der Waals surface area contributed by atoms with E-state index < -0.39 is 21.5 Å². The van der Waals surface area contributed by atoms with Crippen LogP contribution in [0.15, 0.2) is 24.3 Å². The lowest BCUT2D eigenvalue weighted by Crippen LogP contribution is -2.71. The molecule has 1 saturated carbocycles. The molecule has 1 heterocycles. The molecule has 1 aliphatic carbocycles. The largest absolute Gasteiger partial charge is 0.497 e. The van der Waals surface area contributed by atoms with E-state index in [1.165, 1.54) is 15.6 Å². The normalized spacial score (nSPS) is 23.6. The van der Waals surface area contributed by atoms with Crippen molar-refractivity contribution in [2.75, 3.05) is 30.9 Å². The van der Waals surface area contributed by atoms with E-state index in [1.807, 2.05) is 0 Å². The molecule has 1 saturated heterocycles. The number of ether oxygens (including phenoxy) is 1. The number of hydrogen-bond acceptors (Lipinski definition) is 5. The quantitative estimate of drug-likeness (QED) is 0.648. The second-order valence-corrected chi connectivity index (χ2v) is 11.4. The van der Waals surface area contributed by atoms with Gasteiger partial charge in [-0.2, -0.15) is 4.31 Å². The fourth-order valence-electron chi connectivity index (χ4n) is 4.83.